The van der Waals surface area contributed by atoms with E-state index < -0.39 is 11.9 Å². The third-order valence-electron chi connectivity index (χ3n) is 6.34. The molecule has 2 aromatic carbocycles. The number of hydrogen-bond acceptors (Lipinski definition) is 7. The first-order valence-corrected chi connectivity index (χ1v) is 13.4. The van der Waals surface area contributed by atoms with Gasteiger partial charge in [0.15, 0.2) is 5.01 Å². The molecule has 3 N–H and O–H groups in total. The number of rotatable bonds is 9. The molecule has 0 saturated heterocycles. The summed E-state index contributed by atoms with van der Waals surface area (Å²) >= 11 is 7.25. The Balaban J connectivity index is 1.55. The standard InChI is InChI=1S/C27H29ClN4O5S/c1-15(2)32-11-10-20-23(14-32)38-26(31-20)25(34)30-21-12-16(27(35)36)13-22(37-3)19(21)8-9-24(33)29-18-6-4-17(28)5-7-18/h4-7,12-13,15H,8-11,14H2,1-3H3,(H,29,33)(H,30,34)(H,35,36). The molecule has 0 atom stereocenters. The summed E-state index contributed by atoms with van der Waals surface area (Å²) in [5.41, 5.74) is 2.27. The lowest BCUT2D eigenvalue weighted by Crippen LogP contribution is -2.35. The maximum Gasteiger partial charge on any atom is 0.335 e. The highest BCUT2D eigenvalue weighted by atomic mass is 35.5. The predicted molar refractivity (Wildman–Crippen MR) is 148 cm³/mol. The van der Waals surface area contributed by atoms with Gasteiger partial charge in [-0.1, -0.05) is 11.6 Å². The molecule has 2 amide bonds. The van der Waals surface area contributed by atoms with Crippen molar-refractivity contribution >= 4 is 52.1 Å². The molecular weight excluding hydrogens is 528 g/mol. The zero-order valence-corrected chi connectivity index (χ0v) is 22.9. The topological polar surface area (TPSA) is 121 Å². The highest BCUT2D eigenvalue weighted by molar-refractivity contribution is 7.13. The number of thiazole rings is 1. The first kappa shape index (κ1) is 27.6. The van der Waals surface area contributed by atoms with E-state index in [1.165, 1.54) is 30.6 Å². The Morgan fingerprint density at radius 1 is 1.18 bits per heavy atom. The number of carbonyl (C=O) groups is 3. The van der Waals surface area contributed by atoms with Crippen LogP contribution in [-0.2, 0) is 24.2 Å². The molecule has 0 aliphatic carbocycles. The van der Waals surface area contributed by atoms with Crippen LogP contribution in [0.3, 0.4) is 0 Å². The average molecular weight is 557 g/mol. The second-order valence-electron chi connectivity index (χ2n) is 9.22. The lowest BCUT2D eigenvalue weighted by molar-refractivity contribution is -0.116. The van der Waals surface area contributed by atoms with Crippen molar-refractivity contribution in [3.05, 3.63) is 68.1 Å². The van der Waals surface area contributed by atoms with Crippen molar-refractivity contribution in [3.8, 4) is 5.75 Å². The number of amides is 2. The van der Waals surface area contributed by atoms with Crippen molar-refractivity contribution in [1.29, 1.82) is 0 Å². The molecule has 0 unspecified atom stereocenters. The number of ether oxygens (including phenoxy) is 1. The fourth-order valence-electron chi connectivity index (χ4n) is 4.24. The molecule has 0 saturated carbocycles. The number of methoxy groups -OCH3 is 1. The van der Waals surface area contributed by atoms with Crippen molar-refractivity contribution in [2.24, 2.45) is 0 Å². The molecule has 1 aromatic heterocycles. The van der Waals surface area contributed by atoms with E-state index in [-0.39, 0.29) is 35.7 Å². The van der Waals surface area contributed by atoms with Crippen LogP contribution in [0.15, 0.2) is 36.4 Å². The van der Waals surface area contributed by atoms with Crippen LogP contribution in [0.25, 0.3) is 0 Å². The SMILES string of the molecule is COc1cc(C(=O)O)cc(NC(=O)c2nc3c(s2)CN(C(C)C)CC3)c1CCC(=O)Nc1ccc(Cl)cc1. The van der Waals surface area contributed by atoms with Crippen LogP contribution in [0.4, 0.5) is 11.4 Å². The highest BCUT2D eigenvalue weighted by Crippen LogP contribution is 2.32. The zero-order valence-electron chi connectivity index (χ0n) is 21.3. The summed E-state index contributed by atoms with van der Waals surface area (Å²) in [4.78, 5) is 45.5. The van der Waals surface area contributed by atoms with Crippen LogP contribution in [0.1, 0.15) is 56.6 Å². The number of nitrogens with one attached hydrogen (secondary N) is 2. The minimum absolute atomic E-state index is 0.0440. The molecule has 0 fully saturated rings. The monoisotopic (exact) mass is 556 g/mol. The van der Waals surface area contributed by atoms with E-state index in [0.717, 1.165) is 30.1 Å². The molecule has 11 heteroatoms. The van der Waals surface area contributed by atoms with Crippen LogP contribution >= 0.6 is 22.9 Å². The molecule has 4 rings (SSSR count). The summed E-state index contributed by atoms with van der Waals surface area (Å²) in [6, 6.07) is 9.90. The van der Waals surface area contributed by atoms with Crippen LogP contribution in [0.2, 0.25) is 5.02 Å². The first-order chi connectivity index (χ1) is 18.1. The zero-order chi connectivity index (χ0) is 27.4. The summed E-state index contributed by atoms with van der Waals surface area (Å²) in [6.07, 6.45) is 1.05. The molecule has 0 bridgehead atoms. The molecule has 38 heavy (non-hydrogen) atoms. The minimum atomic E-state index is -1.16. The Hall–Kier alpha value is -3.47. The molecular formula is C27H29ClN4O5S. The van der Waals surface area contributed by atoms with Crippen molar-refractivity contribution in [3.63, 3.8) is 0 Å². The van der Waals surface area contributed by atoms with Crippen LogP contribution in [-0.4, -0.2) is 52.5 Å². The van der Waals surface area contributed by atoms with Crippen LogP contribution < -0.4 is 15.4 Å². The van der Waals surface area contributed by atoms with E-state index in [1.807, 2.05) is 0 Å². The number of halogens is 1. The summed E-state index contributed by atoms with van der Waals surface area (Å²) < 4.78 is 5.45. The minimum Gasteiger partial charge on any atom is -0.496 e. The van der Waals surface area contributed by atoms with E-state index in [2.05, 4.69) is 34.4 Å². The number of carboxylic acids is 1. The number of anilines is 2. The van der Waals surface area contributed by atoms with Gasteiger partial charge in [0.1, 0.15) is 5.75 Å². The third-order valence-corrected chi connectivity index (χ3v) is 7.67. The van der Waals surface area contributed by atoms with Crippen molar-refractivity contribution in [2.75, 3.05) is 24.3 Å². The van der Waals surface area contributed by atoms with Gasteiger partial charge in [0.25, 0.3) is 5.91 Å². The van der Waals surface area contributed by atoms with Crippen LogP contribution in [0, 0.1) is 0 Å². The Morgan fingerprint density at radius 2 is 1.92 bits per heavy atom. The van der Waals surface area contributed by atoms with Gasteiger partial charge in [-0.15, -0.1) is 11.3 Å². The quantitative estimate of drug-likeness (QED) is 0.335. The van der Waals surface area contributed by atoms with Gasteiger partial charge in [-0.3, -0.25) is 14.5 Å². The van der Waals surface area contributed by atoms with Gasteiger partial charge in [0.05, 0.1) is 18.4 Å². The largest absolute Gasteiger partial charge is 0.496 e. The van der Waals surface area contributed by atoms with Gasteiger partial charge in [-0.25, -0.2) is 9.78 Å². The van der Waals surface area contributed by atoms with Gasteiger partial charge in [-0.05, 0) is 56.7 Å². The normalized spacial score (nSPS) is 13.2. The molecule has 2 heterocycles. The second kappa shape index (κ2) is 11.9. The predicted octanol–water partition coefficient (Wildman–Crippen LogP) is 5.09. The fourth-order valence-corrected chi connectivity index (χ4v) is 5.40. The number of fused-ring (bicyclic) bond motifs is 1. The Morgan fingerprint density at radius 3 is 2.58 bits per heavy atom. The number of aromatic carboxylic acids is 1. The maximum atomic E-state index is 13.2. The Labute approximate surface area is 229 Å². The van der Waals surface area contributed by atoms with E-state index in [9.17, 15) is 19.5 Å². The highest BCUT2D eigenvalue weighted by Gasteiger charge is 2.25. The molecule has 1 aliphatic heterocycles. The number of carboxylic acid groups (broad SMARTS) is 1. The van der Waals surface area contributed by atoms with Gasteiger partial charge in [0.2, 0.25) is 5.91 Å². The number of aromatic nitrogens is 1. The van der Waals surface area contributed by atoms with E-state index in [4.69, 9.17) is 16.3 Å². The first-order valence-electron chi connectivity index (χ1n) is 12.2. The van der Waals surface area contributed by atoms with Crippen LogP contribution in [0.5, 0.6) is 5.75 Å². The smallest absolute Gasteiger partial charge is 0.335 e. The Kier molecular flexibility index (Phi) is 8.65. The second-order valence-corrected chi connectivity index (χ2v) is 10.7. The summed E-state index contributed by atoms with van der Waals surface area (Å²) in [5.74, 6) is -1.58. The lowest BCUT2D eigenvalue weighted by Gasteiger charge is -2.29. The van der Waals surface area contributed by atoms with E-state index in [1.54, 1.807) is 24.3 Å². The Bertz CT molecular complexity index is 1360. The van der Waals surface area contributed by atoms with Gasteiger partial charge in [0, 0.05) is 58.8 Å². The number of nitrogens with zero attached hydrogens (tertiary/aromatic N) is 2. The summed E-state index contributed by atoms with van der Waals surface area (Å²) in [5, 5.41) is 16.1. The molecule has 200 valence electrons. The molecule has 0 spiro atoms. The maximum absolute atomic E-state index is 13.2. The number of carbonyl (C=O) groups excluding carboxylic acids is 2. The van der Waals surface area contributed by atoms with Crippen molar-refractivity contribution in [2.45, 2.75) is 45.7 Å². The third kappa shape index (κ3) is 6.50. The number of hydrogen-bond donors (Lipinski definition) is 3. The molecule has 0 radical (unpaired) electrons. The van der Waals surface area contributed by atoms with Crippen molar-refractivity contribution in [1.82, 2.24) is 9.88 Å². The van der Waals surface area contributed by atoms with Gasteiger partial charge >= 0.3 is 5.97 Å². The fraction of sp³-hybridized carbons (Fsp3) is 0.333. The van der Waals surface area contributed by atoms with E-state index >= 15 is 0 Å². The van der Waals surface area contributed by atoms with Gasteiger partial charge < -0.3 is 20.5 Å². The van der Waals surface area contributed by atoms with Crippen molar-refractivity contribution < 1.29 is 24.2 Å². The van der Waals surface area contributed by atoms with Gasteiger partial charge in [-0.2, -0.15) is 0 Å². The van der Waals surface area contributed by atoms with E-state index in [0.29, 0.717) is 27.3 Å². The number of benzene rings is 2. The average Bonchev–Trinajstić information content (AvgIpc) is 3.32. The molecule has 1 aliphatic rings. The molecule has 3 aromatic rings. The summed E-state index contributed by atoms with van der Waals surface area (Å²) in [7, 11) is 1.42. The lowest BCUT2D eigenvalue weighted by atomic mass is 10.0. The summed E-state index contributed by atoms with van der Waals surface area (Å²) in [6.45, 7) is 5.91. The molecule has 9 nitrogen and oxygen atoms in total.